The van der Waals surface area contributed by atoms with Gasteiger partial charge in [-0.2, -0.15) is 0 Å². The summed E-state index contributed by atoms with van der Waals surface area (Å²) < 4.78 is 18.3. The van der Waals surface area contributed by atoms with Crippen LogP contribution in [-0.2, 0) is 16.1 Å². The molecular formula is C14H18FNO2. The zero-order valence-electron chi connectivity index (χ0n) is 10.5. The maximum absolute atomic E-state index is 13.6. The van der Waals surface area contributed by atoms with Gasteiger partial charge in [0, 0.05) is 19.6 Å². The summed E-state index contributed by atoms with van der Waals surface area (Å²) in [5, 5.41) is 0. The second kappa shape index (κ2) is 5.96. The summed E-state index contributed by atoms with van der Waals surface area (Å²) in [6, 6.07) is 9.90. The Morgan fingerprint density at radius 3 is 2.78 bits per heavy atom. The minimum atomic E-state index is -0.952. The Morgan fingerprint density at radius 1 is 1.39 bits per heavy atom. The second-order valence-corrected chi connectivity index (χ2v) is 4.73. The van der Waals surface area contributed by atoms with Crippen LogP contribution in [0.4, 0.5) is 4.39 Å². The first-order valence-corrected chi connectivity index (χ1v) is 6.17. The highest BCUT2D eigenvalue weighted by Crippen LogP contribution is 2.22. The van der Waals surface area contributed by atoms with Crippen molar-refractivity contribution < 1.29 is 13.9 Å². The van der Waals surface area contributed by atoms with Crippen molar-refractivity contribution in [3.63, 3.8) is 0 Å². The number of alkyl halides is 1. The third-order valence-corrected chi connectivity index (χ3v) is 3.26. The summed E-state index contributed by atoms with van der Waals surface area (Å²) in [7, 11) is 1.35. The molecule has 0 N–H and O–H groups in total. The van der Waals surface area contributed by atoms with Gasteiger partial charge in [-0.1, -0.05) is 30.3 Å². The SMILES string of the molecule is COC(=O)[C@H]1C[C@H](F)CN(Cc2ccccc2)C1. The van der Waals surface area contributed by atoms with Gasteiger partial charge in [0.25, 0.3) is 0 Å². The van der Waals surface area contributed by atoms with Crippen molar-refractivity contribution in [2.75, 3.05) is 20.2 Å². The Bertz CT molecular complexity index is 396. The molecule has 1 aromatic carbocycles. The predicted molar refractivity (Wildman–Crippen MR) is 66.7 cm³/mol. The average Bonchev–Trinajstić information content (AvgIpc) is 2.38. The van der Waals surface area contributed by atoms with Gasteiger partial charge < -0.3 is 4.74 Å². The quantitative estimate of drug-likeness (QED) is 0.770. The van der Waals surface area contributed by atoms with Crippen molar-refractivity contribution in [1.82, 2.24) is 4.90 Å². The molecule has 4 heteroatoms. The molecule has 2 atom stereocenters. The first-order chi connectivity index (χ1) is 8.69. The number of carbonyl (C=O) groups is 1. The van der Waals surface area contributed by atoms with Crippen LogP contribution in [0.5, 0.6) is 0 Å². The molecule has 0 amide bonds. The molecule has 1 aliphatic rings. The highest BCUT2D eigenvalue weighted by Gasteiger charge is 2.32. The van der Waals surface area contributed by atoms with Gasteiger partial charge in [-0.25, -0.2) is 4.39 Å². The molecule has 98 valence electrons. The molecule has 1 heterocycles. The number of hydrogen-bond donors (Lipinski definition) is 0. The molecule has 0 unspecified atom stereocenters. The number of ether oxygens (including phenoxy) is 1. The summed E-state index contributed by atoms with van der Waals surface area (Å²) >= 11 is 0. The zero-order valence-corrected chi connectivity index (χ0v) is 10.5. The summed E-state index contributed by atoms with van der Waals surface area (Å²) in [4.78, 5) is 13.5. The van der Waals surface area contributed by atoms with Crippen LogP contribution < -0.4 is 0 Å². The van der Waals surface area contributed by atoms with E-state index < -0.39 is 6.17 Å². The van der Waals surface area contributed by atoms with E-state index in [4.69, 9.17) is 4.74 Å². The van der Waals surface area contributed by atoms with E-state index in [0.717, 1.165) is 5.56 Å². The fraction of sp³-hybridized carbons (Fsp3) is 0.500. The number of halogens is 1. The molecule has 2 rings (SSSR count). The van der Waals surface area contributed by atoms with E-state index in [0.29, 0.717) is 19.6 Å². The normalized spacial score (nSPS) is 24.8. The maximum atomic E-state index is 13.6. The highest BCUT2D eigenvalue weighted by molar-refractivity contribution is 5.72. The molecule has 0 radical (unpaired) electrons. The van der Waals surface area contributed by atoms with Crippen molar-refractivity contribution in [3.05, 3.63) is 35.9 Å². The molecule has 0 aliphatic carbocycles. The molecule has 0 saturated carbocycles. The summed E-state index contributed by atoms with van der Waals surface area (Å²) in [5.41, 5.74) is 1.13. The molecule has 1 aromatic rings. The van der Waals surface area contributed by atoms with Crippen molar-refractivity contribution in [2.24, 2.45) is 5.92 Å². The molecule has 18 heavy (non-hydrogen) atoms. The Kier molecular flexibility index (Phi) is 4.31. The van der Waals surface area contributed by atoms with Crippen LogP contribution in [0.3, 0.4) is 0 Å². The number of benzene rings is 1. The number of esters is 1. The highest BCUT2D eigenvalue weighted by atomic mass is 19.1. The standard InChI is InChI=1S/C14H18FNO2/c1-18-14(17)12-7-13(15)10-16(9-12)8-11-5-3-2-4-6-11/h2-6,12-13H,7-10H2,1H3/t12-,13-/m0/s1. The van der Waals surface area contributed by atoms with Gasteiger partial charge in [0.1, 0.15) is 6.17 Å². The van der Waals surface area contributed by atoms with E-state index in [-0.39, 0.29) is 18.3 Å². The van der Waals surface area contributed by atoms with Gasteiger partial charge in [-0.3, -0.25) is 9.69 Å². The average molecular weight is 251 g/mol. The molecule has 0 aromatic heterocycles. The lowest BCUT2D eigenvalue weighted by Crippen LogP contribution is -2.44. The zero-order chi connectivity index (χ0) is 13.0. The first-order valence-electron chi connectivity index (χ1n) is 6.17. The lowest BCUT2D eigenvalue weighted by atomic mass is 9.96. The van der Waals surface area contributed by atoms with E-state index in [1.807, 2.05) is 35.2 Å². The maximum Gasteiger partial charge on any atom is 0.310 e. The number of piperidine rings is 1. The summed E-state index contributed by atoms with van der Waals surface area (Å²) in [6.07, 6.45) is -0.677. The number of methoxy groups -OCH3 is 1. The molecule has 3 nitrogen and oxygen atoms in total. The van der Waals surface area contributed by atoms with E-state index >= 15 is 0 Å². The second-order valence-electron chi connectivity index (χ2n) is 4.73. The van der Waals surface area contributed by atoms with E-state index in [9.17, 15) is 9.18 Å². The summed E-state index contributed by atoms with van der Waals surface area (Å²) in [6.45, 7) is 1.64. The molecular weight excluding hydrogens is 233 g/mol. The minimum absolute atomic E-state index is 0.276. The van der Waals surface area contributed by atoms with Crippen LogP contribution in [0.2, 0.25) is 0 Å². The van der Waals surface area contributed by atoms with Crippen molar-refractivity contribution >= 4 is 5.97 Å². The minimum Gasteiger partial charge on any atom is -0.469 e. The number of hydrogen-bond acceptors (Lipinski definition) is 3. The van der Waals surface area contributed by atoms with Gasteiger partial charge in [-0.05, 0) is 12.0 Å². The van der Waals surface area contributed by atoms with E-state index in [1.165, 1.54) is 7.11 Å². The molecule has 0 bridgehead atoms. The van der Waals surface area contributed by atoms with Gasteiger partial charge in [0.2, 0.25) is 0 Å². The molecule has 1 fully saturated rings. The van der Waals surface area contributed by atoms with Crippen molar-refractivity contribution in [2.45, 2.75) is 19.1 Å². The van der Waals surface area contributed by atoms with Crippen LogP contribution in [0, 0.1) is 5.92 Å². The smallest absolute Gasteiger partial charge is 0.310 e. The topological polar surface area (TPSA) is 29.5 Å². The number of nitrogens with zero attached hydrogens (tertiary/aromatic N) is 1. The Labute approximate surface area is 107 Å². The Balaban J connectivity index is 1.98. The number of carbonyl (C=O) groups excluding carboxylic acids is 1. The van der Waals surface area contributed by atoms with Gasteiger partial charge in [0.05, 0.1) is 13.0 Å². The van der Waals surface area contributed by atoms with Crippen molar-refractivity contribution in [1.29, 1.82) is 0 Å². The number of rotatable bonds is 3. The van der Waals surface area contributed by atoms with Crippen LogP contribution in [0.1, 0.15) is 12.0 Å². The van der Waals surface area contributed by atoms with Crippen molar-refractivity contribution in [3.8, 4) is 0 Å². The molecule has 0 spiro atoms. The van der Waals surface area contributed by atoms with Crippen LogP contribution in [-0.4, -0.2) is 37.2 Å². The predicted octanol–water partition coefficient (Wildman–Crippen LogP) is 2.02. The Morgan fingerprint density at radius 2 is 2.11 bits per heavy atom. The van der Waals surface area contributed by atoms with Crippen LogP contribution >= 0.6 is 0 Å². The van der Waals surface area contributed by atoms with E-state index in [2.05, 4.69) is 0 Å². The Hall–Kier alpha value is -1.42. The van der Waals surface area contributed by atoms with Crippen LogP contribution in [0.25, 0.3) is 0 Å². The third-order valence-electron chi connectivity index (χ3n) is 3.26. The van der Waals surface area contributed by atoms with Gasteiger partial charge in [0.15, 0.2) is 0 Å². The summed E-state index contributed by atoms with van der Waals surface area (Å²) in [5.74, 6) is -0.655. The van der Waals surface area contributed by atoms with Gasteiger partial charge in [-0.15, -0.1) is 0 Å². The lowest BCUT2D eigenvalue weighted by Gasteiger charge is -2.33. The van der Waals surface area contributed by atoms with Gasteiger partial charge >= 0.3 is 5.97 Å². The lowest BCUT2D eigenvalue weighted by molar-refractivity contribution is -0.148. The fourth-order valence-corrected chi connectivity index (χ4v) is 2.43. The monoisotopic (exact) mass is 251 g/mol. The third kappa shape index (κ3) is 3.29. The fourth-order valence-electron chi connectivity index (χ4n) is 2.43. The molecule has 1 saturated heterocycles. The molecule has 1 aliphatic heterocycles. The first kappa shape index (κ1) is 13.0. The number of likely N-dealkylation sites (tertiary alicyclic amines) is 1. The van der Waals surface area contributed by atoms with Crippen LogP contribution in [0.15, 0.2) is 30.3 Å². The largest absolute Gasteiger partial charge is 0.469 e. The van der Waals surface area contributed by atoms with E-state index in [1.54, 1.807) is 0 Å².